The Labute approximate surface area is 110 Å². The average molecular weight is 248 g/mol. The fourth-order valence-corrected chi connectivity index (χ4v) is 2.80. The number of aryl methyl sites for hydroxylation is 2. The highest BCUT2D eigenvalue weighted by atomic mass is 15.2. The van der Waals surface area contributed by atoms with Gasteiger partial charge in [-0.05, 0) is 47.1 Å². The lowest BCUT2D eigenvalue weighted by atomic mass is 9.96. The van der Waals surface area contributed by atoms with Crippen LogP contribution in [-0.2, 0) is 0 Å². The molecule has 100 valence electrons. The quantitative estimate of drug-likeness (QED) is 0.889. The van der Waals surface area contributed by atoms with Crippen molar-refractivity contribution in [3.63, 3.8) is 0 Å². The van der Waals surface area contributed by atoms with E-state index in [1.54, 1.807) is 0 Å². The first-order valence-electron chi connectivity index (χ1n) is 6.88. The highest BCUT2D eigenvalue weighted by molar-refractivity contribution is 5.42. The number of likely N-dealkylation sites (N-methyl/N-ethyl adjacent to an activating group) is 1. The third kappa shape index (κ3) is 2.80. The second-order valence-corrected chi connectivity index (χ2v) is 5.25. The Balaban J connectivity index is 2.27. The molecule has 0 bridgehead atoms. The van der Waals surface area contributed by atoms with Gasteiger partial charge in [0.1, 0.15) is 11.6 Å². The molecular formula is C14H24N4. The van der Waals surface area contributed by atoms with E-state index in [-0.39, 0.29) is 0 Å². The normalized spacial score (nSPS) is 22.0. The standard InChI is InChI=1S/C14H24N4/c1-10-9-14(17-12(3)16-10)18-8-6-5-7-13(18)11(2)15-4/h9,11,13,15H,5-8H2,1-4H3. The van der Waals surface area contributed by atoms with Crippen molar-refractivity contribution < 1.29 is 0 Å². The van der Waals surface area contributed by atoms with Crippen LogP contribution in [0.15, 0.2) is 6.07 Å². The lowest BCUT2D eigenvalue weighted by Gasteiger charge is -2.40. The lowest BCUT2D eigenvalue weighted by Crippen LogP contribution is -2.50. The van der Waals surface area contributed by atoms with Crippen molar-refractivity contribution in [1.82, 2.24) is 15.3 Å². The largest absolute Gasteiger partial charge is 0.352 e. The number of aromatic nitrogens is 2. The Morgan fingerprint density at radius 2 is 2.11 bits per heavy atom. The number of nitrogens with zero attached hydrogens (tertiary/aromatic N) is 3. The maximum Gasteiger partial charge on any atom is 0.132 e. The number of nitrogens with one attached hydrogen (secondary N) is 1. The van der Waals surface area contributed by atoms with Gasteiger partial charge in [-0.2, -0.15) is 0 Å². The first-order valence-corrected chi connectivity index (χ1v) is 6.88. The van der Waals surface area contributed by atoms with Crippen LogP contribution in [0.5, 0.6) is 0 Å². The zero-order valence-electron chi connectivity index (χ0n) is 11.9. The Morgan fingerprint density at radius 3 is 2.78 bits per heavy atom. The summed E-state index contributed by atoms with van der Waals surface area (Å²) in [6.45, 7) is 7.37. The summed E-state index contributed by atoms with van der Waals surface area (Å²) in [6, 6.07) is 3.13. The molecule has 2 atom stereocenters. The molecule has 0 spiro atoms. The molecule has 1 aromatic heterocycles. The van der Waals surface area contributed by atoms with E-state index < -0.39 is 0 Å². The fraction of sp³-hybridized carbons (Fsp3) is 0.714. The smallest absolute Gasteiger partial charge is 0.132 e. The average Bonchev–Trinajstić information content (AvgIpc) is 2.36. The van der Waals surface area contributed by atoms with Crippen LogP contribution in [0.1, 0.15) is 37.7 Å². The molecule has 1 saturated heterocycles. The van der Waals surface area contributed by atoms with Crippen LogP contribution in [0.2, 0.25) is 0 Å². The molecule has 0 aliphatic carbocycles. The number of rotatable bonds is 3. The molecule has 4 heteroatoms. The van der Waals surface area contributed by atoms with Gasteiger partial charge in [-0.15, -0.1) is 0 Å². The van der Waals surface area contributed by atoms with E-state index in [1.165, 1.54) is 19.3 Å². The van der Waals surface area contributed by atoms with Crippen molar-refractivity contribution in [3.8, 4) is 0 Å². The van der Waals surface area contributed by atoms with E-state index in [0.717, 1.165) is 23.9 Å². The SMILES string of the molecule is CNC(C)C1CCCCN1c1cc(C)nc(C)n1. The molecule has 2 rings (SSSR count). The summed E-state index contributed by atoms with van der Waals surface area (Å²) in [5.74, 6) is 1.96. The van der Waals surface area contributed by atoms with Gasteiger partial charge in [-0.1, -0.05) is 0 Å². The van der Waals surface area contributed by atoms with E-state index in [0.29, 0.717) is 12.1 Å². The Hall–Kier alpha value is -1.16. The minimum atomic E-state index is 0.487. The Kier molecular flexibility index (Phi) is 4.17. The monoisotopic (exact) mass is 248 g/mol. The van der Waals surface area contributed by atoms with Crippen molar-refractivity contribution in [2.45, 2.75) is 52.1 Å². The first kappa shape index (κ1) is 13.3. The summed E-state index contributed by atoms with van der Waals surface area (Å²) in [4.78, 5) is 11.4. The van der Waals surface area contributed by atoms with Gasteiger partial charge in [0.2, 0.25) is 0 Å². The molecule has 0 saturated carbocycles. The maximum atomic E-state index is 4.61. The molecule has 4 nitrogen and oxygen atoms in total. The van der Waals surface area contributed by atoms with Crippen LogP contribution in [0.4, 0.5) is 5.82 Å². The maximum absolute atomic E-state index is 4.61. The predicted octanol–water partition coefficient (Wildman–Crippen LogP) is 2.06. The molecule has 1 fully saturated rings. The summed E-state index contributed by atoms with van der Waals surface area (Å²) in [5.41, 5.74) is 1.05. The third-order valence-corrected chi connectivity index (χ3v) is 3.83. The van der Waals surface area contributed by atoms with E-state index in [2.05, 4.69) is 33.2 Å². The minimum absolute atomic E-state index is 0.487. The van der Waals surface area contributed by atoms with Crippen molar-refractivity contribution in [2.24, 2.45) is 0 Å². The zero-order chi connectivity index (χ0) is 13.1. The lowest BCUT2D eigenvalue weighted by molar-refractivity contribution is 0.380. The summed E-state index contributed by atoms with van der Waals surface area (Å²) in [7, 11) is 2.04. The molecule has 2 heterocycles. The van der Waals surface area contributed by atoms with Gasteiger partial charge in [-0.25, -0.2) is 9.97 Å². The van der Waals surface area contributed by atoms with Crippen LogP contribution in [0.3, 0.4) is 0 Å². The Bertz CT molecular complexity index is 385. The summed E-state index contributed by atoms with van der Waals surface area (Å²) >= 11 is 0. The minimum Gasteiger partial charge on any atom is -0.352 e. The molecule has 1 N–H and O–H groups in total. The van der Waals surface area contributed by atoms with Gasteiger partial charge < -0.3 is 10.2 Å². The molecule has 0 radical (unpaired) electrons. The van der Waals surface area contributed by atoms with Crippen molar-refractivity contribution in [3.05, 3.63) is 17.6 Å². The molecule has 0 amide bonds. The number of hydrogen-bond donors (Lipinski definition) is 1. The molecule has 1 aromatic rings. The summed E-state index contributed by atoms with van der Waals surface area (Å²) in [6.07, 6.45) is 3.81. The molecule has 0 aromatic carbocycles. The molecule has 1 aliphatic rings. The van der Waals surface area contributed by atoms with Crippen molar-refractivity contribution in [2.75, 3.05) is 18.5 Å². The highest BCUT2D eigenvalue weighted by Crippen LogP contribution is 2.25. The van der Waals surface area contributed by atoms with Gasteiger partial charge in [0.25, 0.3) is 0 Å². The molecule has 2 unspecified atom stereocenters. The zero-order valence-corrected chi connectivity index (χ0v) is 11.9. The van der Waals surface area contributed by atoms with Gasteiger partial charge in [0.05, 0.1) is 0 Å². The van der Waals surface area contributed by atoms with Crippen LogP contribution >= 0.6 is 0 Å². The number of hydrogen-bond acceptors (Lipinski definition) is 4. The molecular weight excluding hydrogens is 224 g/mol. The van der Waals surface area contributed by atoms with Crippen molar-refractivity contribution in [1.29, 1.82) is 0 Å². The second-order valence-electron chi connectivity index (χ2n) is 5.25. The number of anilines is 1. The van der Waals surface area contributed by atoms with E-state index in [1.807, 2.05) is 20.9 Å². The van der Waals surface area contributed by atoms with Crippen LogP contribution in [0.25, 0.3) is 0 Å². The second kappa shape index (κ2) is 5.65. The molecule has 18 heavy (non-hydrogen) atoms. The van der Waals surface area contributed by atoms with Gasteiger partial charge in [0.15, 0.2) is 0 Å². The summed E-state index contributed by atoms with van der Waals surface area (Å²) in [5, 5.41) is 3.38. The van der Waals surface area contributed by atoms with Crippen LogP contribution in [-0.4, -0.2) is 35.6 Å². The predicted molar refractivity (Wildman–Crippen MR) is 75.0 cm³/mol. The van der Waals surface area contributed by atoms with E-state index in [4.69, 9.17) is 0 Å². The van der Waals surface area contributed by atoms with Gasteiger partial charge in [-0.3, -0.25) is 0 Å². The topological polar surface area (TPSA) is 41.0 Å². The van der Waals surface area contributed by atoms with Crippen LogP contribution < -0.4 is 10.2 Å². The number of piperidine rings is 1. The Morgan fingerprint density at radius 1 is 1.33 bits per heavy atom. The highest BCUT2D eigenvalue weighted by Gasteiger charge is 2.27. The van der Waals surface area contributed by atoms with Gasteiger partial charge in [0, 0.05) is 30.4 Å². The first-order chi connectivity index (χ1) is 8.61. The van der Waals surface area contributed by atoms with Gasteiger partial charge >= 0.3 is 0 Å². The van der Waals surface area contributed by atoms with E-state index >= 15 is 0 Å². The fourth-order valence-electron chi connectivity index (χ4n) is 2.80. The molecule has 1 aliphatic heterocycles. The van der Waals surface area contributed by atoms with Crippen molar-refractivity contribution >= 4 is 5.82 Å². The van der Waals surface area contributed by atoms with Crippen LogP contribution in [0, 0.1) is 13.8 Å². The summed E-state index contributed by atoms with van der Waals surface area (Å²) < 4.78 is 0. The third-order valence-electron chi connectivity index (χ3n) is 3.83. The van der Waals surface area contributed by atoms with E-state index in [9.17, 15) is 0 Å².